The highest BCUT2D eigenvalue weighted by Crippen LogP contribution is 2.63. The molecule has 4 aliphatic rings. The van der Waals surface area contributed by atoms with Crippen molar-refractivity contribution in [1.82, 2.24) is 5.32 Å². The summed E-state index contributed by atoms with van der Waals surface area (Å²) in [7, 11) is 3.21. The summed E-state index contributed by atoms with van der Waals surface area (Å²) < 4.78 is 10.7. The second kappa shape index (κ2) is 6.33. The highest BCUT2D eigenvalue weighted by atomic mass is 35.5. The van der Waals surface area contributed by atoms with Crippen LogP contribution in [0.25, 0.3) is 0 Å². The van der Waals surface area contributed by atoms with Crippen LogP contribution in [-0.2, 0) is 0 Å². The van der Waals surface area contributed by atoms with Gasteiger partial charge < -0.3 is 14.8 Å². The molecule has 0 aromatic heterocycles. The smallest absolute Gasteiger partial charge is 0.251 e. The van der Waals surface area contributed by atoms with Gasteiger partial charge in [0.05, 0.1) is 14.2 Å². The molecule has 5 rings (SSSR count). The van der Waals surface area contributed by atoms with Gasteiger partial charge in [0, 0.05) is 28.6 Å². The Hall–Kier alpha value is -1.42. The maximum atomic E-state index is 12.9. The second-order valence-corrected chi connectivity index (χ2v) is 9.60. The van der Waals surface area contributed by atoms with Crippen LogP contribution in [0.15, 0.2) is 12.1 Å². The molecule has 1 aromatic carbocycles. The van der Waals surface area contributed by atoms with Crippen molar-refractivity contribution in [3.63, 3.8) is 0 Å². The number of carbonyl (C=O) groups excluding carboxylic acids is 1. The van der Waals surface area contributed by atoms with E-state index < -0.39 is 0 Å². The number of rotatable bonds is 5. The number of amides is 1. The summed E-state index contributed by atoms with van der Waals surface area (Å²) in [6, 6.07) is 3.60. The van der Waals surface area contributed by atoms with E-state index in [0.29, 0.717) is 23.6 Å². The van der Waals surface area contributed by atoms with Gasteiger partial charge in [0.1, 0.15) is 11.5 Å². The topological polar surface area (TPSA) is 47.6 Å². The fourth-order valence-corrected chi connectivity index (χ4v) is 6.85. The molecule has 142 valence electrons. The van der Waals surface area contributed by atoms with Crippen LogP contribution < -0.4 is 14.8 Å². The molecule has 0 aliphatic heterocycles. The number of halogens is 1. The van der Waals surface area contributed by atoms with E-state index in [4.69, 9.17) is 21.1 Å². The number of benzene rings is 1. The van der Waals surface area contributed by atoms with Crippen LogP contribution >= 0.6 is 11.6 Å². The number of hydrogen-bond donors (Lipinski definition) is 1. The van der Waals surface area contributed by atoms with Crippen molar-refractivity contribution < 1.29 is 14.3 Å². The van der Waals surface area contributed by atoms with Gasteiger partial charge in [-0.2, -0.15) is 0 Å². The minimum absolute atomic E-state index is 0.0239. The van der Waals surface area contributed by atoms with Gasteiger partial charge in [-0.1, -0.05) is 0 Å². The summed E-state index contributed by atoms with van der Waals surface area (Å²) in [6.07, 6.45) is 7.10. The van der Waals surface area contributed by atoms with Crippen molar-refractivity contribution >= 4 is 17.5 Å². The van der Waals surface area contributed by atoms with Crippen LogP contribution in [0.2, 0.25) is 0 Å². The molecule has 5 heteroatoms. The van der Waals surface area contributed by atoms with E-state index in [2.05, 4.69) is 5.32 Å². The average molecular weight is 378 g/mol. The fourth-order valence-electron chi connectivity index (χ4n) is 6.13. The summed E-state index contributed by atoms with van der Waals surface area (Å²) in [5.74, 6) is 2.73. The van der Waals surface area contributed by atoms with Crippen LogP contribution in [0.1, 0.15) is 54.4 Å². The first-order chi connectivity index (χ1) is 12.4. The van der Waals surface area contributed by atoms with E-state index in [9.17, 15) is 4.79 Å². The van der Waals surface area contributed by atoms with Gasteiger partial charge in [0.25, 0.3) is 5.91 Å². The zero-order valence-corrected chi connectivity index (χ0v) is 16.6. The van der Waals surface area contributed by atoms with E-state index in [-0.39, 0.29) is 16.2 Å². The molecule has 0 heterocycles. The first-order valence-electron chi connectivity index (χ1n) is 9.55. The van der Waals surface area contributed by atoms with E-state index in [1.54, 1.807) is 20.3 Å². The molecule has 4 aliphatic carbocycles. The molecular weight excluding hydrogens is 350 g/mol. The summed E-state index contributed by atoms with van der Waals surface area (Å²) in [5, 5.41) is 3.21. The maximum absolute atomic E-state index is 12.9. The first-order valence-corrected chi connectivity index (χ1v) is 9.93. The molecule has 1 amide bonds. The lowest BCUT2D eigenvalue weighted by Gasteiger charge is -2.60. The Labute approximate surface area is 160 Å². The number of hydrogen-bond acceptors (Lipinski definition) is 3. The second-order valence-electron chi connectivity index (χ2n) is 8.80. The SMILES string of the molecule is COc1cc(OC)c(C)c(C(=O)NCC23CC4CC(CC(Cl)(C4)C2)C3)c1. The predicted molar refractivity (Wildman–Crippen MR) is 102 cm³/mol. The van der Waals surface area contributed by atoms with Crippen molar-refractivity contribution in [2.45, 2.75) is 50.3 Å². The van der Waals surface area contributed by atoms with Crippen molar-refractivity contribution in [3.05, 3.63) is 23.3 Å². The van der Waals surface area contributed by atoms with Crippen molar-refractivity contribution in [3.8, 4) is 11.5 Å². The lowest BCUT2D eigenvalue weighted by atomic mass is 9.49. The van der Waals surface area contributed by atoms with E-state index in [1.165, 1.54) is 19.3 Å². The molecule has 0 radical (unpaired) electrons. The molecule has 1 aromatic rings. The Morgan fingerprint density at radius 2 is 1.88 bits per heavy atom. The standard InChI is InChI=1S/C21H28ClNO3/c1-13-17(5-16(25-2)6-18(13)26-3)19(24)23-12-20-7-14-4-15(8-20)10-21(22,9-14)11-20/h5-6,14-15H,4,7-12H2,1-3H3,(H,23,24). The first kappa shape index (κ1) is 18.0. The van der Waals surface area contributed by atoms with Crippen LogP contribution in [0, 0.1) is 24.2 Å². The maximum Gasteiger partial charge on any atom is 0.251 e. The summed E-state index contributed by atoms with van der Waals surface area (Å²) >= 11 is 6.91. The minimum atomic E-state index is -0.0564. The van der Waals surface area contributed by atoms with Gasteiger partial charge in [-0.25, -0.2) is 0 Å². The predicted octanol–water partition coefficient (Wildman–Crippen LogP) is 4.32. The quantitative estimate of drug-likeness (QED) is 0.777. The molecule has 2 unspecified atom stereocenters. The summed E-state index contributed by atoms with van der Waals surface area (Å²) in [5.41, 5.74) is 1.63. The Bertz CT molecular complexity index is 718. The molecule has 4 bridgehead atoms. The third-order valence-corrected chi connectivity index (χ3v) is 7.21. The lowest BCUT2D eigenvalue weighted by Crippen LogP contribution is -2.56. The molecule has 4 nitrogen and oxygen atoms in total. The zero-order chi connectivity index (χ0) is 18.5. The number of nitrogens with one attached hydrogen (secondary N) is 1. The third-order valence-electron chi connectivity index (χ3n) is 6.77. The van der Waals surface area contributed by atoms with Crippen molar-refractivity contribution in [2.75, 3.05) is 20.8 Å². The third kappa shape index (κ3) is 3.06. The number of methoxy groups -OCH3 is 2. The largest absolute Gasteiger partial charge is 0.497 e. The molecular formula is C21H28ClNO3. The molecule has 2 atom stereocenters. The Morgan fingerprint density at radius 3 is 2.46 bits per heavy atom. The average Bonchev–Trinajstić information content (AvgIpc) is 2.58. The molecule has 26 heavy (non-hydrogen) atoms. The van der Waals surface area contributed by atoms with E-state index >= 15 is 0 Å². The highest BCUT2D eigenvalue weighted by molar-refractivity contribution is 6.24. The van der Waals surface area contributed by atoms with E-state index in [1.807, 2.05) is 13.0 Å². The highest BCUT2D eigenvalue weighted by Gasteiger charge is 2.56. The van der Waals surface area contributed by atoms with Crippen LogP contribution in [-0.4, -0.2) is 31.5 Å². The zero-order valence-electron chi connectivity index (χ0n) is 15.9. The van der Waals surface area contributed by atoms with E-state index in [0.717, 1.165) is 36.7 Å². The Morgan fingerprint density at radius 1 is 1.19 bits per heavy atom. The molecule has 4 fully saturated rings. The van der Waals surface area contributed by atoms with Gasteiger partial charge in [-0.3, -0.25) is 4.79 Å². The van der Waals surface area contributed by atoms with Gasteiger partial charge in [-0.05, 0) is 68.8 Å². The van der Waals surface area contributed by atoms with Crippen LogP contribution in [0.4, 0.5) is 0 Å². The Kier molecular flexibility index (Phi) is 4.37. The minimum Gasteiger partial charge on any atom is -0.497 e. The number of alkyl halides is 1. The molecule has 4 saturated carbocycles. The van der Waals surface area contributed by atoms with Gasteiger partial charge in [0.2, 0.25) is 0 Å². The molecule has 0 saturated heterocycles. The fraction of sp³-hybridized carbons (Fsp3) is 0.667. The normalized spacial score (nSPS) is 34.6. The Balaban J connectivity index is 1.51. The summed E-state index contributed by atoms with van der Waals surface area (Å²) in [6.45, 7) is 2.62. The monoisotopic (exact) mass is 377 g/mol. The van der Waals surface area contributed by atoms with Gasteiger partial charge in [-0.15, -0.1) is 11.6 Å². The molecule has 0 spiro atoms. The van der Waals surface area contributed by atoms with Gasteiger partial charge >= 0.3 is 0 Å². The summed E-state index contributed by atoms with van der Waals surface area (Å²) in [4.78, 5) is 12.9. The number of ether oxygens (including phenoxy) is 2. The lowest BCUT2D eigenvalue weighted by molar-refractivity contribution is -0.0379. The van der Waals surface area contributed by atoms with Crippen molar-refractivity contribution in [1.29, 1.82) is 0 Å². The van der Waals surface area contributed by atoms with Gasteiger partial charge in [0.15, 0.2) is 0 Å². The van der Waals surface area contributed by atoms with Crippen LogP contribution in [0.5, 0.6) is 11.5 Å². The number of carbonyl (C=O) groups is 1. The van der Waals surface area contributed by atoms with Crippen molar-refractivity contribution in [2.24, 2.45) is 17.3 Å². The van der Waals surface area contributed by atoms with Crippen LogP contribution in [0.3, 0.4) is 0 Å². The molecule has 1 N–H and O–H groups in total.